The Bertz CT molecular complexity index is 2390. The van der Waals surface area contributed by atoms with E-state index in [0.717, 1.165) is 188 Å². The number of rotatable bonds is 4. The van der Waals surface area contributed by atoms with Gasteiger partial charge in [0.05, 0.1) is 6.54 Å². The lowest BCUT2D eigenvalue weighted by Gasteiger charge is -2.38. The topological polar surface area (TPSA) is 164 Å². The van der Waals surface area contributed by atoms with Crippen LogP contribution in [0.25, 0.3) is 0 Å². The average molecular weight is 1350 g/mol. The summed E-state index contributed by atoms with van der Waals surface area (Å²) in [5, 5.41) is 9.30. The minimum atomic E-state index is 0.0606. The van der Waals surface area contributed by atoms with Crippen LogP contribution in [0.5, 0.6) is 0 Å². The van der Waals surface area contributed by atoms with Crippen molar-refractivity contribution >= 4 is 35.7 Å². The fraction of sp³-hybridized carbons (Fsp3) is 0.848. The van der Waals surface area contributed by atoms with Gasteiger partial charge in [-0.1, -0.05) is 149 Å². The summed E-state index contributed by atoms with van der Waals surface area (Å²) in [6, 6.07) is 9.90. The van der Waals surface area contributed by atoms with E-state index in [9.17, 15) is 28.8 Å². The molecule has 9 saturated heterocycles. The molecule has 554 valence electrons. The van der Waals surface area contributed by atoms with Crippen LogP contribution in [0.15, 0.2) is 30.3 Å². The first-order chi connectivity index (χ1) is 44.6. The molecule has 1 aromatic rings. The number of urea groups is 2. The van der Waals surface area contributed by atoms with Gasteiger partial charge in [-0.25, -0.2) is 9.59 Å². The van der Waals surface area contributed by atoms with E-state index in [2.05, 4.69) is 145 Å². The second-order valence-corrected chi connectivity index (χ2v) is 36.0. The van der Waals surface area contributed by atoms with Gasteiger partial charge in [-0.15, -0.1) is 0 Å². The number of carbonyl (C=O) groups excluding carboxylic acids is 6. The SMILES string of the molecule is CC(=O)N1CCC(C)(C)CC1.CC(C)(C)C.CC1(C)CCN(C(=O)CN2CCNCC2)CC1.CC1(C)CCN(C(=O)N2CCCC2)CC1.CC1(C)CCN(C(=O)c2ccccc2)CC1.CC1(C)CCNCC1.CCC1(C)CCN(C(C)=O)CC1.CNC(=O)N1CCC(C)(C)CC1. The lowest BCUT2D eigenvalue weighted by Crippen LogP contribution is -2.50. The van der Waals surface area contributed by atoms with Crippen molar-refractivity contribution in [3.63, 3.8) is 0 Å². The molecule has 10 rings (SSSR count). The molecule has 9 aliphatic rings. The monoisotopic (exact) mass is 1350 g/mol. The largest absolute Gasteiger partial charge is 0.343 e. The summed E-state index contributed by atoms with van der Waals surface area (Å²) < 4.78 is 0. The molecule has 0 unspecified atom stereocenters. The smallest absolute Gasteiger partial charge is 0.319 e. The number of likely N-dealkylation sites (tertiary alicyclic amines) is 7. The highest BCUT2D eigenvalue weighted by molar-refractivity contribution is 5.94. The molecule has 9 fully saturated rings. The molecule has 96 heavy (non-hydrogen) atoms. The Balaban J connectivity index is 0.000000291. The number of hydrogen-bond donors (Lipinski definition) is 3. The molecule has 9 heterocycles. The average Bonchev–Trinajstić information content (AvgIpc) is 1.10. The van der Waals surface area contributed by atoms with Gasteiger partial charge in [0.1, 0.15) is 0 Å². The predicted molar refractivity (Wildman–Crippen MR) is 400 cm³/mol. The summed E-state index contributed by atoms with van der Waals surface area (Å²) in [5.41, 5.74) is 4.54. The van der Waals surface area contributed by atoms with Gasteiger partial charge in [-0.2, -0.15) is 0 Å². The molecule has 0 atom stereocenters. The van der Waals surface area contributed by atoms with Crippen LogP contribution < -0.4 is 16.0 Å². The molecular weight excluding hydrogens is 1200 g/mol. The molecule has 0 aromatic heterocycles. The van der Waals surface area contributed by atoms with E-state index in [4.69, 9.17) is 0 Å². The van der Waals surface area contributed by atoms with Crippen LogP contribution in [0, 0.1) is 43.3 Å². The normalized spacial score (nSPS) is 23.0. The van der Waals surface area contributed by atoms with Crippen LogP contribution in [-0.4, -0.2) is 219 Å². The van der Waals surface area contributed by atoms with Crippen LogP contribution in [0.4, 0.5) is 9.59 Å². The van der Waals surface area contributed by atoms with E-state index in [1.807, 2.05) is 64.6 Å². The van der Waals surface area contributed by atoms with Gasteiger partial charge < -0.3 is 50.2 Å². The van der Waals surface area contributed by atoms with Crippen molar-refractivity contribution in [2.24, 2.45) is 43.3 Å². The minimum Gasteiger partial charge on any atom is -0.343 e. The molecule has 17 heteroatoms. The second-order valence-electron chi connectivity index (χ2n) is 36.0. The number of amides is 8. The maximum atomic E-state index is 12.1. The number of piperazine rings is 1. The number of nitrogens with one attached hydrogen (secondary N) is 3. The molecule has 1 aromatic carbocycles. The maximum absolute atomic E-state index is 12.1. The Hall–Kier alpha value is -4.48. The van der Waals surface area contributed by atoms with Gasteiger partial charge in [-0.3, -0.25) is 24.1 Å². The molecular formula is C79H147N11O6. The van der Waals surface area contributed by atoms with E-state index < -0.39 is 0 Å². The van der Waals surface area contributed by atoms with Gasteiger partial charge in [0, 0.05) is 144 Å². The van der Waals surface area contributed by atoms with Crippen molar-refractivity contribution in [1.82, 2.24) is 55.1 Å². The third-order valence-corrected chi connectivity index (χ3v) is 21.6. The lowest BCUT2D eigenvalue weighted by molar-refractivity contribution is -0.134. The van der Waals surface area contributed by atoms with Crippen molar-refractivity contribution < 1.29 is 28.8 Å². The summed E-state index contributed by atoms with van der Waals surface area (Å²) in [4.78, 5) is 85.6. The van der Waals surface area contributed by atoms with Gasteiger partial charge in [0.25, 0.3) is 5.91 Å². The van der Waals surface area contributed by atoms with Gasteiger partial charge in [-0.05, 0) is 171 Å². The first-order valence-corrected chi connectivity index (χ1v) is 37.9. The Morgan fingerprint density at radius 3 is 1.06 bits per heavy atom. The standard InChI is InChI=1S/C14H19NO.C13H25N3O.C12H22N2O.C10H19NO.C9H18N2O.C9H17NO.C7H15N.C5H12/c1-14(2)8-10-15(11-9-14)13(16)12-6-4-3-5-7-12;1-13(2)3-7-16(8-4-13)12(17)11-15-9-5-14-6-10-15;1-12(2)5-9-14(10-6-12)11(15)13-7-3-4-8-13;1-4-10(3)5-7-11(8-6-10)9(2)12;1-9(2)4-6-11(7-5-9)8(12)10-3;1-8(11)10-6-4-9(2,3)5-7-10;1-7(2)3-5-8-6-4-7;1-5(2,3)4/h3-7H,8-11H2,1-2H3;14H,3-11H2,1-2H3;3-10H2,1-2H3;4-8H2,1-3H3;4-7H2,1-3H3,(H,10,12);4-7H2,1-3H3;8H,3-6H2,1-2H3;1-4H3. The maximum Gasteiger partial charge on any atom is 0.319 e. The predicted octanol–water partition coefficient (Wildman–Crippen LogP) is 14.4. The fourth-order valence-corrected chi connectivity index (χ4v) is 12.7. The summed E-state index contributed by atoms with van der Waals surface area (Å²) in [6.07, 6.45) is 19.9. The van der Waals surface area contributed by atoms with Crippen molar-refractivity contribution in [3.8, 4) is 0 Å². The molecule has 0 spiro atoms. The van der Waals surface area contributed by atoms with Gasteiger partial charge in [0.15, 0.2) is 0 Å². The zero-order valence-corrected chi connectivity index (χ0v) is 65.8. The van der Waals surface area contributed by atoms with Crippen LogP contribution >= 0.6 is 0 Å². The summed E-state index contributed by atoms with van der Waals surface area (Å²) in [6.45, 7) is 64.3. The molecule has 17 nitrogen and oxygen atoms in total. The lowest BCUT2D eigenvalue weighted by atomic mass is 9.78. The third-order valence-electron chi connectivity index (χ3n) is 21.6. The molecule has 9 aliphatic heterocycles. The van der Waals surface area contributed by atoms with Crippen LogP contribution in [-0.2, 0) is 14.4 Å². The number of piperidine rings is 7. The first kappa shape index (κ1) is 85.7. The summed E-state index contributed by atoms with van der Waals surface area (Å²) in [5.74, 6) is 0.951. The van der Waals surface area contributed by atoms with Crippen LogP contribution in [0.2, 0.25) is 0 Å². The Morgan fingerprint density at radius 2 is 0.719 bits per heavy atom. The summed E-state index contributed by atoms with van der Waals surface area (Å²) >= 11 is 0. The number of nitrogens with zero attached hydrogens (tertiary/aromatic N) is 8. The second kappa shape index (κ2) is 40.1. The fourth-order valence-electron chi connectivity index (χ4n) is 12.7. The van der Waals surface area contributed by atoms with Crippen LogP contribution in [0.1, 0.15) is 258 Å². The molecule has 8 amide bonds. The molecule has 0 aliphatic carbocycles. The molecule has 0 radical (unpaired) electrons. The Morgan fingerprint density at radius 1 is 0.406 bits per heavy atom. The molecule has 3 N–H and O–H groups in total. The summed E-state index contributed by atoms with van der Waals surface area (Å²) in [7, 11) is 1.68. The van der Waals surface area contributed by atoms with E-state index >= 15 is 0 Å². The third kappa shape index (κ3) is 35.0. The van der Waals surface area contributed by atoms with Crippen molar-refractivity contribution in [3.05, 3.63) is 35.9 Å². The molecule has 0 saturated carbocycles. The van der Waals surface area contributed by atoms with Crippen LogP contribution in [0.3, 0.4) is 0 Å². The van der Waals surface area contributed by atoms with E-state index in [1.54, 1.807) is 20.9 Å². The minimum absolute atomic E-state index is 0.0606. The van der Waals surface area contributed by atoms with E-state index in [0.29, 0.717) is 55.8 Å². The molecule has 0 bridgehead atoms. The van der Waals surface area contributed by atoms with E-state index in [-0.39, 0.29) is 29.8 Å². The number of hydrogen-bond acceptors (Lipinski definition) is 9. The Labute approximate surface area is 588 Å². The quantitative estimate of drug-likeness (QED) is 0.266. The van der Waals surface area contributed by atoms with Crippen molar-refractivity contribution in [1.29, 1.82) is 0 Å². The van der Waals surface area contributed by atoms with Gasteiger partial charge in [0.2, 0.25) is 17.7 Å². The van der Waals surface area contributed by atoms with Gasteiger partial charge >= 0.3 is 12.1 Å². The Kier molecular flexibility index (Phi) is 35.8. The first-order valence-electron chi connectivity index (χ1n) is 37.9. The zero-order chi connectivity index (χ0) is 72.2. The highest BCUT2D eigenvalue weighted by Crippen LogP contribution is 2.36. The number of carbonyl (C=O) groups is 6. The van der Waals surface area contributed by atoms with Crippen molar-refractivity contribution in [2.45, 2.75) is 248 Å². The zero-order valence-electron chi connectivity index (χ0n) is 65.8. The number of benzene rings is 1. The highest BCUT2D eigenvalue weighted by Gasteiger charge is 2.34. The van der Waals surface area contributed by atoms with E-state index in [1.165, 1.54) is 58.0 Å². The highest BCUT2D eigenvalue weighted by atomic mass is 16.2. The van der Waals surface area contributed by atoms with Crippen molar-refractivity contribution in [2.75, 3.05) is 144 Å².